The average Bonchev–Trinajstić information content (AvgIpc) is 2.88. The minimum absolute atomic E-state index is 0.0123. The molecule has 2 amide bonds. The zero-order chi connectivity index (χ0) is 26.6. The average molecular weight is 506 g/mol. The minimum atomic E-state index is -0.745. The number of hydrogen-bond acceptors (Lipinski definition) is 4. The number of aliphatic carboxylic acids is 1. The van der Waals surface area contributed by atoms with Gasteiger partial charge in [0, 0.05) is 55.5 Å². The summed E-state index contributed by atoms with van der Waals surface area (Å²) in [4.78, 5) is 41.0. The van der Waals surface area contributed by atoms with Crippen LogP contribution in [0.1, 0.15) is 68.8 Å². The van der Waals surface area contributed by atoms with Crippen molar-refractivity contribution in [2.24, 2.45) is 11.8 Å². The molecule has 7 nitrogen and oxygen atoms in total. The topological polar surface area (TPSA) is 90.0 Å². The lowest BCUT2D eigenvalue weighted by Crippen LogP contribution is -2.50. The van der Waals surface area contributed by atoms with Crippen LogP contribution >= 0.6 is 0 Å². The standard InChI is InChI=1S/C30H39N3O4/c1-30(2,3)24-5-4-6-25(20-24)31-28(36)22-11-13-26(14-12-22)32-15-17-33(18-16-32)29(37)23-9-7-21(8-10-23)19-27(34)35/h4-6,11-14,20-21,23H,7-10,15-19H2,1-3H3,(H,31,36)(H,34,35). The highest BCUT2D eigenvalue weighted by atomic mass is 16.4. The first kappa shape index (κ1) is 26.7. The SMILES string of the molecule is CC(C)(C)c1cccc(NC(=O)c2ccc(N3CCN(C(=O)C4CCC(CC(=O)O)CC4)CC3)cc2)c1. The van der Waals surface area contributed by atoms with Gasteiger partial charge >= 0.3 is 5.97 Å². The summed E-state index contributed by atoms with van der Waals surface area (Å²) in [6, 6.07) is 15.6. The van der Waals surface area contributed by atoms with Crippen molar-refractivity contribution in [3.05, 3.63) is 59.7 Å². The van der Waals surface area contributed by atoms with Crippen molar-refractivity contribution in [2.45, 2.75) is 58.3 Å². The first-order valence-corrected chi connectivity index (χ1v) is 13.4. The molecule has 0 unspecified atom stereocenters. The number of carboxylic acids is 1. The largest absolute Gasteiger partial charge is 0.481 e. The normalized spacial score (nSPS) is 20.4. The van der Waals surface area contributed by atoms with Crippen LogP contribution < -0.4 is 10.2 Å². The molecule has 2 aliphatic rings. The number of amides is 2. The van der Waals surface area contributed by atoms with Crippen molar-refractivity contribution < 1.29 is 19.5 Å². The molecule has 0 bridgehead atoms. The summed E-state index contributed by atoms with van der Waals surface area (Å²) in [5.74, 6) is -0.428. The lowest BCUT2D eigenvalue weighted by atomic mass is 9.80. The predicted octanol–water partition coefficient (Wildman–Crippen LogP) is 5.17. The van der Waals surface area contributed by atoms with E-state index in [4.69, 9.17) is 5.11 Å². The third-order valence-electron chi connectivity index (χ3n) is 7.73. The van der Waals surface area contributed by atoms with Gasteiger partial charge in [-0.1, -0.05) is 32.9 Å². The van der Waals surface area contributed by atoms with Gasteiger partial charge in [0.05, 0.1) is 0 Å². The Morgan fingerprint density at radius 2 is 1.57 bits per heavy atom. The molecule has 1 saturated carbocycles. The van der Waals surface area contributed by atoms with Gasteiger partial charge in [-0.2, -0.15) is 0 Å². The summed E-state index contributed by atoms with van der Waals surface area (Å²) in [6.45, 7) is 9.32. The molecular weight excluding hydrogens is 466 g/mol. The number of carbonyl (C=O) groups excluding carboxylic acids is 2. The first-order valence-electron chi connectivity index (χ1n) is 13.4. The van der Waals surface area contributed by atoms with Crippen molar-refractivity contribution in [1.29, 1.82) is 0 Å². The van der Waals surface area contributed by atoms with E-state index >= 15 is 0 Å². The van der Waals surface area contributed by atoms with Crippen molar-refractivity contribution in [1.82, 2.24) is 4.90 Å². The molecule has 1 aliphatic carbocycles. The fourth-order valence-corrected chi connectivity index (χ4v) is 5.39. The smallest absolute Gasteiger partial charge is 0.303 e. The minimum Gasteiger partial charge on any atom is -0.481 e. The Morgan fingerprint density at radius 3 is 2.16 bits per heavy atom. The molecule has 37 heavy (non-hydrogen) atoms. The van der Waals surface area contributed by atoms with E-state index in [1.54, 1.807) is 0 Å². The van der Waals surface area contributed by atoms with Gasteiger partial charge in [-0.05, 0) is 79.0 Å². The molecule has 1 saturated heterocycles. The second-order valence-electron chi connectivity index (χ2n) is 11.5. The molecule has 1 aliphatic heterocycles. The zero-order valence-corrected chi connectivity index (χ0v) is 22.2. The van der Waals surface area contributed by atoms with Crippen LogP contribution in [0.25, 0.3) is 0 Å². The van der Waals surface area contributed by atoms with Crippen LogP contribution in [0.15, 0.2) is 48.5 Å². The summed E-state index contributed by atoms with van der Waals surface area (Å²) in [6.07, 6.45) is 3.45. The number of benzene rings is 2. The summed E-state index contributed by atoms with van der Waals surface area (Å²) in [5.41, 5.74) is 3.63. The van der Waals surface area contributed by atoms with E-state index in [-0.39, 0.29) is 35.5 Å². The number of hydrogen-bond donors (Lipinski definition) is 2. The number of carboxylic acid groups (broad SMARTS) is 1. The van der Waals surface area contributed by atoms with Gasteiger partial charge in [0.25, 0.3) is 5.91 Å². The third kappa shape index (κ3) is 6.90. The van der Waals surface area contributed by atoms with Crippen molar-refractivity contribution in [3.63, 3.8) is 0 Å². The molecule has 2 aromatic carbocycles. The number of piperazine rings is 1. The highest BCUT2D eigenvalue weighted by Gasteiger charge is 2.31. The van der Waals surface area contributed by atoms with Gasteiger partial charge in [-0.15, -0.1) is 0 Å². The highest BCUT2D eigenvalue weighted by Crippen LogP contribution is 2.32. The molecular formula is C30H39N3O4. The van der Waals surface area contributed by atoms with Crippen LogP contribution in [0.2, 0.25) is 0 Å². The van der Waals surface area contributed by atoms with Gasteiger partial charge in [0.2, 0.25) is 5.91 Å². The quantitative estimate of drug-likeness (QED) is 0.566. The molecule has 0 spiro atoms. The summed E-state index contributed by atoms with van der Waals surface area (Å²) in [7, 11) is 0. The third-order valence-corrected chi connectivity index (χ3v) is 7.73. The van der Waals surface area contributed by atoms with E-state index in [1.807, 2.05) is 47.4 Å². The molecule has 2 N–H and O–H groups in total. The fourth-order valence-electron chi connectivity index (χ4n) is 5.39. The van der Waals surface area contributed by atoms with E-state index in [0.717, 1.165) is 50.1 Å². The van der Waals surface area contributed by atoms with E-state index in [0.29, 0.717) is 18.7 Å². The van der Waals surface area contributed by atoms with E-state index in [2.05, 4.69) is 37.1 Å². The summed E-state index contributed by atoms with van der Waals surface area (Å²) >= 11 is 0. The Bertz CT molecular complexity index is 1110. The number of nitrogens with zero attached hydrogens (tertiary/aromatic N) is 2. The predicted molar refractivity (Wildman–Crippen MR) is 146 cm³/mol. The molecule has 2 aromatic rings. The van der Waals surface area contributed by atoms with E-state index in [1.165, 1.54) is 5.56 Å². The number of anilines is 2. The Kier molecular flexibility index (Phi) is 8.20. The number of carbonyl (C=O) groups is 3. The van der Waals surface area contributed by atoms with Crippen molar-refractivity contribution >= 4 is 29.2 Å². The maximum atomic E-state index is 13.0. The van der Waals surface area contributed by atoms with Crippen LogP contribution in [0.5, 0.6) is 0 Å². The zero-order valence-electron chi connectivity index (χ0n) is 22.2. The lowest BCUT2D eigenvalue weighted by molar-refractivity contribution is -0.139. The second-order valence-corrected chi connectivity index (χ2v) is 11.5. The van der Waals surface area contributed by atoms with Crippen LogP contribution in [-0.4, -0.2) is 54.0 Å². The van der Waals surface area contributed by atoms with Gasteiger partial charge in [-0.3, -0.25) is 14.4 Å². The molecule has 7 heteroatoms. The molecule has 0 aromatic heterocycles. The molecule has 1 heterocycles. The molecule has 0 radical (unpaired) electrons. The van der Waals surface area contributed by atoms with Crippen molar-refractivity contribution in [3.8, 4) is 0 Å². The molecule has 198 valence electrons. The van der Waals surface area contributed by atoms with Gasteiger partial charge in [0.15, 0.2) is 0 Å². The van der Waals surface area contributed by atoms with Crippen LogP contribution in [0.4, 0.5) is 11.4 Å². The monoisotopic (exact) mass is 505 g/mol. The van der Waals surface area contributed by atoms with Gasteiger partial charge in [-0.25, -0.2) is 0 Å². The first-order chi connectivity index (χ1) is 17.6. The maximum absolute atomic E-state index is 13.0. The summed E-state index contributed by atoms with van der Waals surface area (Å²) in [5, 5.41) is 12.0. The number of nitrogens with one attached hydrogen (secondary N) is 1. The lowest BCUT2D eigenvalue weighted by Gasteiger charge is -2.38. The highest BCUT2D eigenvalue weighted by molar-refractivity contribution is 6.04. The Balaban J connectivity index is 1.27. The van der Waals surface area contributed by atoms with E-state index in [9.17, 15) is 14.4 Å². The Labute approximate surface area is 219 Å². The summed E-state index contributed by atoms with van der Waals surface area (Å²) < 4.78 is 0. The van der Waals surface area contributed by atoms with Crippen LogP contribution in [0.3, 0.4) is 0 Å². The van der Waals surface area contributed by atoms with Crippen LogP contribution in [-0.2, 0) is 15.0 Å². The van der Waals surface area contributed by atoms with Gasteiger partial charge < -0.3 is 20.2 Å². The van der Waals surface area contributed by atoms with Crippen LogP contribution in [0, 0.1) is 11.8 Å². The Hall–Kier alpha value is -3.35. The van der Waals surface area contributed by atoms with Gasteiger partial charge in [0.1, 0.15) is 0 Å². The maximum Gasteiger partial charge on any atom is 0.303 e. The Morgan fingerprint density at radius 1 is 0.919 bits per heavy atom. The number of rotatable bonds is 6. The molecule has 2 fully saturated rings. The molecule has 4 rings (SSSR count). The van der Waals surface area contributed by atoms with E-state index < -0.39 is 5.97 Å². The fraction of sp³-hybridized carbons (Fsp3) is 0.500. The van der Waals surface area contributed by atoms with Crippen molar-refractivity contribution in [2.75, 3.05) is 36.4 Å². The molecule has 0 atom stereocenters. The second kappa shape index (κ2) is 11.4.